The highest BCUT2D eigenvalue weighted by molar-refractivity contribution is 7.92. The van der Waals surface area contributed by atoms with Crippen LogP contribution in [0.5, 0.6) is 0 Å². The highest BCUT2D eigenvalue weighted by Crippen LogP contribution is 2.28. The predicted molar refractivity (Wildman–Crippen MR) is 114 cm³/mol. The number of hydrogen-bond acceptors (Lipinski definition) is 5. The van der Waals surface area contributed by atoms with E-state index in [1.165, 1.54) is 18.2 Å². The summed E-state index contributed by atoms with van der Waals surface area (Å²) in [4.78, 5) is 28.9. The van der Waals surface area contributed by atoms with Crippen molar-refractivity contribution in [3.05, 3.63) is 64.6 Å². The Morgan fingerprint density at radius 2 is 1.87 bits per heavy atom. The second-order valence-corrected chi connectivity index (χ2v) is 8.53. The zero-order valence-electron chi connectivity index (χ0n) is 15.6. The molecule has 154 valence electrons. The van der Waals surface area contributed by atoms with E-state index < -0.39 is 16.0 Å². The third-order valence-corrected chi connectivity index (χ3v) is 6.16. The van der Waals surface area contributed by atoms with E-state index in [1.807, 2.05) is 0 Å². The van der Waals surface area contributed by atoms with Gasteiger partial charge in [0.25, 0.3) is 15.6 Å². The van der Waals surface area contributed by atoms with Gasteiger partial charge in [-0.1, -0.05) is 0 Å². The first-order valence-corrected chi connectivity index (χ1v) is 10.5. The summed E-state index contributed by atoms with van der Waals surface area (Å²) in [6.07, 6.45) is 1.67. The van der Waals surface area contributed by atoms with E-state index in [1.54, 1.807) is 30.5 Å². The number of H-pyrrole nitrogens is 2. The molecule has 2 aromatic carbocycles. The van der Waals surface area contributed by atoms with Crippen molar-refractivity contribution in [1.29, 1.82) is 0 Å². The third kappa shape index (κ3) is 3.60. The van der Waals surface area contributed by atoms with Crippen LogP contribution in [0.25, 0.3) is 21.8 Å². The lowest BCUT2D eigenvalue weighted by atomic mass is 10.0. The van der Waals surface area contributed by atoms with Gasteiger partial charge in [0.15, 0.2) is 0 Å². The van der Waals surface area contributed by atoms with Crippen LogP contribution < -0.4 is 16.0 Å². The minimum atomic E-state index is -3.91. The van der Waals surface area contributed by atoms with Crippen LogP contribution in [0.3, 0.4) is 0 Å². The van der Waals surface area contributed by atoms with Gasteiger partial charge in [-0.2, -0.15) is 0 Å². The van der Waals surface area contributed by atoms with Crippen LogP contribution in [0.1, 0.15) is 12.0 Å². The molecule has 0 spiro atoms. The second kappa shape index (κ2) is 7.23. The lowest BCUT2D eigenvalue weighted by molar-refractivity contribution is -0.136. The minimum Gasteiger partial charge on any atom is -0.481 e. The monoisotopic (exact) mass is 426 g/mol. The molecule has 2 heterocycles. The van der Waals surface area contributed by atoms with Crippen molar-refractivity contribution < 1.29 is 18.3 Å². The fraction of sp³-hybridized carbons (Fsp3) is 0.100. The van der Waals surface area contributed by atoms with E-state index in [4.69, 9.17) is 10.8 Å². The van der Waals surface area contributed by atoms with E-state index in [0.717, 1.165) is 0 Å². The molecule has 4 rings (SSSR count). The summed E-state index contributed by atoms with van der Waals surface area (Å²) in [5, 5.41) is 10.0. The lowest BCUT2D eigenvalue weighted by Gasteiger charge is -2.10. The summed E-state index contributed by atoms with van der Waals surface area (Å²) < 4.78 is 28.2. The maximum atomic E-state index is 12.9. The molecule has 0 fully saturated rings. The molecule has 0 saturated carbocycles. The summed E-state index contributed by atoms with van der Waals surface area (Å²) in [6, 6.07) is 10.7. The van der Waals surface area contributed by atoms with Gasteiger partial charge in [0, 0.05) is 40.3 Å². The van der Waals surface area contributed by atoms with Crippen LogP contribution in [-0.2, 0) is 21.2 Å². The number of benzene rings is 2. The highest BCUT2D eigenvalue weighted by atomic mass is 32.2. The Morgan fingerprint density at radius 3 is 2.57 bits per heavy atom. The number of aryl methyl sites for hydroxylation is 1. The lowest BCUT2D eigenvalue weighted by Crippen LogP contribution is -2.13. The predicted octanol–water partition coefficient (Wildman–Crippen LogP) is 2.41. The number of pyridine rings is 1. The molecule has 0 radical (unpaired) electrons. The van der Waals surface area contributed by atoms with E-state index in [0.29, 0.717) is 33.2 Å². The summed E-state index contributed by atoms with van der Waals surface area (Å²) in [6.45, 7) is 0. The number of carboxylic acid groups (broad SMARTS) is 1. The topological polar surface area (TPSA) is 158 Å². The van der Waals surface area contributed by atoms with E-state index >= 15 is 0 Å². The van der Waals surface area contributed by atoms with Gasteiger partial charge in [-0.3, -0.25) is 14.3 Å². The number of carboxylic acids is 1. The van der Waals surface area contributed by atoms with Crippen molar-refractivity contribution >= 4 is 49.2 Å². The van der Waals surface area contributed by atoms with E-state index in [9.17, 15) is 18.0 Å². The molecular weight excluding hydrogens is 408 g/mol. The van der Waals surface area contributed by atoms with Crippen LogP contribution in [0, 0.1) is 0 Å². The maximum absolute atomic E-state index is 12.9. The fourth-order valence-corrected chi connectivity index (χ4v) is 4.43. The number of fused-ring (bicyclic) bond motifs is 3. The summed E-state index contributed by atoms with van der Waals surface area (Å²) in [5.41, 5.74) is 7.49. The normalized spacial score (nSPS) is 11.7. The maximum Gasteiger partial charge on any atom is 0.303 e. The first-order chi connectivity index (χ1) is 14.2. The Balaban J connectivity index is 1.84. The molecule has 4 aromatic rings. The van der Waals surface area contributed by atoms with Crippen LogP contribution in [0.15, 0.2) is 58.4 Å². The van der Waals surface area contributed by atoms with Gasteiger partial charge in [0.1, 0.15) is 5.52 Å². The molecule has 6 N–H and O–H groups in total. The summed E-state index contributed by atoms with van der Waals surface area (Å²) in [5.74, 6) is -0.963. The van der Waals surface area contributed by atoms with Gasteiger partial charge >= 0.3 is 5.97 Å². The highest BCUT2D eigenvalue weighted by Gasteiger charge is 2.18. The van der Waals surface area contributed by atoms with Gasteiger partial charge in [-0.05, 0) is 54.4 Å². The Bertz CT molecular complexity index is 1440. The Morgan fingerprint density at radius 1 is 1.13 bits per heavy atom. The van der Waals surface area contributed by atoms with Gasteiger partial charge in [-0.15, -0.1) is 0 Å². The third-order valence-electron chi connectivity index (χ3n) is 4.78. The van der Waals surface area contributed by atoms with Crippen LogP contribution in [0.4, 0.5) is 11.4 Å². The number of aliphatic carboxylic acids is 1. The Hall–Kier alpha value is -3.79. The largest absolute Gasteiger partial charge is 0.481 e. The number of nitrogens with one attached hydrogen (secondary N) is 3. The zero-order chi connectivity index (χ0) is 21.5. The number of sulfonamides is 1. The van der Waals surface area contributed by atoms with Crippen LogP contribution in [0.2, 0.25) is 0 Å². The quantitative estimate of drug-likeness (QED) is 0.298. The molecule has 0 atom stereocenters. The zero-order valence-corrected chi connectivity index (χ0v) is 16.4. The number of nitrogens with two attached hydrogens (primary N) is 1. The smallest absolute Gasteiger partial charge is 0.303 e. The summed E-state index contributed by atoms with van der Waals surface area (Å²) in [7, 11) is -3.91. The number of nitrogen functional groups attached to an aromatic ring is 1. The number of carbonyl (C=O) groups is 1. The second-order valence-electron chi connectivity index (χ2n) is 6.85. The molecule has 0 aliphatic carbocycles. The number of rotatable bonds is 6. The standard InChI is InChI=1S/C20H18N4O5S/c21-12-2-4-13(5-3-12)24-30(28,29)14-6-7-16-15(9-14)18-11(1-8-17(25)26)10-22-19(18)20(27)23-16/h2-7,9-10,22,24H,1,8,21H2,(H,23,27)(H,25,26). The van der Waals surface area contributed by atoms with Gasteiger partial charge in [0.05, 0.1) is 4.90 Å². The molecular formula is C20H18N4O5S. The minimum absolute atomic E-state index is 0.00515. The summed E-state index contributed by atoms with van der Waals surface area (Å²) >= 11 is 0. The number of aromatic nitrogens is 2. The first kappa shape index (κ1) is 19.5. The molecule has 30 heavy (non-hydrogen) atoms. The van der Waals surface area contributed by atoms with Crippen molar-refractivity contribution in [2.24, 2.45) is 0 Å². The molecule has 9 nitrogen and oxygen atoms in total. The molecule has 0 saturated heterocycles. The molecule has 2 aromatic heterocycles. The van der Waals surface area contributed by atoms with Crippen molar-refractivity contribution in [1.82, 2.24) is 9.97 Å². The molecule has 0 aliphatic heterocycles. The van der Waals surface area contributed by atoms with Crippen molar-refractivity contribution in [2.45, 2.75) is 17.7 Å². The number of anilines is 2. The van der Waals surface area contributed by atoms with Crippen molar-refractivity contribution in [2.75, 3.05) is 10.5 Å². The van der Waals surface area contributed by atoms with E-state index in [-0.39, 0.29) is 28.8 Å². The molecule has 0 unspecified atom stereocenters. The number of aromatic amines is 2. The Kier molecular flexibility index (Phi) is 4.70. The van der Waals surface area contributed by atoms with Crippen molar-refractivity contribution in [3.8, 4) is 0 Å². The molecule has 10 heteroatoms. The molecule has 0 amide bonds. The molecule has 0 aliphatic rings. The van der Waals surface area contributed by atoms with Crippen molar-refractivity contribution in [3.63, 3.8) is 0 Å². The molecule has 0 bridgehead atoms. The van der Waals surface area contributed by atoms with E-state index in [2.05, 4.69) is 14.7 Å². The van der Waals surface area contributed by atoms with Gasteiger partial charge < -0.3 is 20.8 Å². The van der Waals surface area contributed by atoms with Gasteiger partial charge in [0.2, 0.25) is 0 Å². The fourth-order valence-electron chi connectivity index (χ4n) is 3.35. The number of hydrogen-bond donors (Lipinski definition) is 5. The van der Waals surface area contributed by atoms with Crippen LogP contribution in [-0.4, -0.2) is 29.5 Å². The average molecular weight is 426 g/mol. The first-order valence-electron chi connectivity index (χ1n) is 9.01. The Labute approximate surface area is 170 Å². The SMILES string of the molecule is Nc1ccc(NS(=O)(=O)c2ccc3[nH]c(=O)c4[nH]cc(CCC(=O)O)c4c3c2)cc1. The van der Waals surface area contributed by atoms with Gasteiger partial charge in [-0.25, -0.2) is 8.42 Å². The average Bonchev–Trinajstić information content (AvgIpc) is 3.13. The van der Waals surface area contributed by atoms with Crippen LogP contribution >= 0.6 is 0 Å².